The first-order valence-electron chi connectivity index (χ1n) is 2.92. The van der Waals surface area contributed by atoms with Gasteiger partial charge >= 0.3 is 0 Å². The maximum absolute atomic E-state index is 10.9. The van der Waals surface area contributed by atoms with Crippen LogP contribution in [0.15, 0.2) is 17.2 Å². The minimum atomic E-state index is -1.65. The summed E-state index contributed by atoms with van der Waals surface area (Å²) in [5.74, 6) is 0.229. The van der Waals surface area contributed by atoms with Crippen LogP contribution in [0.2, 0.25) is 5.02 Å². The van der Waals surface area contributed by atoms with Crippen LogP contribution in [0.3, 0.4) is 0 Å². The van der Waals surface area contributed by atoms with Gasteiger partial charge in [0.15, 0.2) is 10.0 Å². The van der Waals surface area contributed by atoms with E-state index in [0.717, 1.165) is 0 Å². The minimum Gasteiger partial charge on any atom is -0.480 e. The van der Waals surface area contributed by atoms with E-state index in [0.29, 0.717) is 5.02 Å². The van der Waals surface area contributed by atoms with Crippen molar-refractivity contribution in [2.45, 2.75) is 4.90 Å². The monoisotopic (exact) mass is 225 g/mol. The number of rotatable bonds is 2. The van der Waals surface area contributed by atoms with Crippen LogP contribution in [-0.2, 0) is 10.0 Å². The molecule has 66 valence electrons. The Hall–Kier alpha value is -0.320. The second-order valence-corrected chi connectivity index (χ2v) is 4.05. The van der Waals surface area contributed by atoms with Crippen molar-refractivity contribution in [1.82, 2.24) is 4.98 Å². The van der Waals surface area contributed by atoms with Crippen molar-refractivity contribution in [1.29, 1.82) is 0 Å². The fraction of sp³-hybridized carbons (Fsp3) is 0.167. The predicted molar refractivity (Wildman–Crippen MR) is 48.1 cm³/mol. The summed E-state index contributed by atoms with van der Waals surface area (Å²) in [6.45, 7) is 0. The molecular formula is C6H5Cl2NO2S. The highest BCUT2D eigenvalue weighted by atomic mass is 35.7. The lowest BCUT2D eigenvalue weighted by atomic mass is 10.5. The smallest absolute Gasteiger partial charge is 0.231 e. The standard InChI is InChI=1S/C6H5Cl2NO2S/c1-11-6-5(12(8)10)2-4(7)3-9-6/h2-3H,1H3. The molecule has 1 aromatic heterocycles. The van der Waals surface area contributed by atoms with Crippen molar-refractivity contribution in [3.8, 4) is 5.88 Å². The van der Waals surface area contributed by atoms with Crippen LogP contribution < -0.4 is 4.74 Å². The Kier molecular flexibility index (Phi) is 3.31. The number of hydrogen-bond acceptors (Lipinski definition) is 3. The molecule has 0 aliphatic heterocycles. The van der Waals surface area contributed by atoms with E-state index in [2.05, 4.69) is 4.98 Å². The van der Waals surface area contributed by atoms with Gasteiger partial charge in [0.05, 0.1) is 12.1 Å². The molecular weight excluding hydrogens is 221 g/mol. The van der Waals surface area contributed by atoms with Gasteiger partial charge in [0.1, 0.15) is 4.90 Å². The van der Waals surface area contributed by atoms with Crippen molar-refractivity contribution < 1.29 is 8.95 Å². The zero-order valence-electron chi connectivity index (χ0n) is 6.08. The first-order chi connectivity index (χ1) is 5.65. The summed E-state index contributed by atoms with van der Waals surface area (Å²) in [7, 11) is 5.12. The molecule has 0 saturated carbocycles. The third-order valence-corrected chi connectivity index (χ3v) is 2.49. The second kappa shape index (κ2) is 4.07. The molecule has 0 aliphatic carbocycles. The van der Waals surface area contributed by atoms with E-state index in [-0.39, 0.29) is 10.8 Å². The summed E-state index contributed by atoms with van der Waals surface area (Å²) in [4.78, 5) is 4.07. The summed E-state index contributed by atoms with van der Waals surface area (Å²) < 4.78 is 15.7. The van der Waals surface area contributed by atoms with Gasteiger partial charge in [0.2, 0.25) is 5.88 Å². The molecule has 0 aromatic carbocycles. The Balaban J connectivity index is 3.21. The SMILES string of the molecule is COc1ncc(Cl)cc1S(=O)Cl. The first kappa shape index (κ1) is 9.77. The quantitative estimate of drug-likeness (QED) is 0.724. The largest absolute Gasteiger partial charge is 0.480 e. The Morgan fingerprint density at radius 1 is 1.67 bits per heavy atom. The Morgan fingerprint density at radius 3 is 2.83 bits per heavy atom. The Morgan fingerprint density at radius 2 is 2.33 bits per heavy atom. The topological polar surface area (TPSA) is 39.2 Å². The number of ether oxygens (including phenoxy) is 1. The maximum atomic E-state index is 10.9. The summed E-state index contributed by atoms with van der Waals surface area (Å²) in [6.07, 6.45) is 1.40. The number of hydrogen-bond donors (Lipinski definition) is 0. The Bertz CT molecular complexity index is 318. The third-order valence-electron chi connectivity index (χ3n) is 1.15. The summed E-state index contributed by atoms with van der Waals surface area (Å²) >= 11 is 5.61. The van der Waals surface area contributed by atoms with Gasteiger partial charge in [-0.05, 0) is 16.7 Å². The minimum absolute atomic E-state index is 0.229. The zero-order chi connectivity index (χ0) is 9.14. The molecule has 0 bridgehead atoms. The van der Waals surface area contributed by atoms with Gasteiger partial charge in [-0.2, -0.15) is 0 Å². The van der Waals surface area contributed by atoms with Crippen LogP contribution in [0, 0.1) is 0 Å². The fourth-order valence-electron chi connectivity index (χ4n) is 0.676. The van der Waals surface area contributed by atoms with Gasteiger partial charge in [-0.3, -0.25) is 0 Å². The molecule has 0 aliphatic rings. The molecule has 6 heteroatoms. The molecule has 1 unspecified atom stereocenters. The lowest BCUT2D eigenvalue weighted by Gasteiger charge is -2.02. The second-order valence-electron chi connectivity index (χ2n) is 1.88. The number of methoxy groups -OCH3 is 1. The average Bonchev–Trinajstić information content (AvgIpc) is 2.04. The normalized spacial score (nSPS) is 12.6. The molecule has 1 aromatic rings. The third kappa shape index (κ3) is 2.09. The van der Waals surface area contributed by atoms with Crippen molar-refractivity contribution >= 4 is 32.3 Å². The van der Waals surface area contributed by atoms with Gasteiger partial charge in [0, 0.05) is 6.20 Å². The van der Waals surface area contributed by atoms with E-state index in [4.69, 9.17) is 27.0 Å². The predicted octanol–water partition coefficient (Wildman–Crippen LogP) is 2.00. The molecule has 1 atom stereocenters. The highest BCUT2D eigenvalue weighted by Gasteiger charge is 2.10. The Labute approximate surface area is 81.6 Å². The fourth-order valence-corrected chi connectivity index (χ4v) is 1.72. The van der Waals surface area contributed by atoms with Gasteiger partial charge in [0.25, 0.3) is 0 Å². The summed E-state index contributed by atoms with van der Waals surface area (Å²) in [5, 5.41) is 0.375. The number of aromatic nitrogens is 1. The lowest BCUT2D eigenvalue weighted by molar-refractivity contribution is 0.386. The van der Waals surface area contributed by atoms with Crippen molar-refractivity contribution in [2.75, 3.05) is 7.11 Å². The van der Waals surface area contributed by atoms with Crippen LogP contribution in [-0.4, -0.2) is 16.3 Å². The highest BCUT2D eigenvalue weighted by molar-refractivity contribution is 8.08. The average molecular weight is 226 g/mol. The van der Waals surface area contributed by atoms with Gasteiger partial charge in [-0.25, -0.2) is 9.19 Å². The van der Waals surface area contributed by atoms with Crippen molar-refractivity contribution in [3.63, 3.8) is 0 Å². The zero-order valence-corrected chi connectivity index (χ0v) is 8.41. The first-order valence-corrected chi connectivity index (χ1v) is 5.28. The van der Waals surface area contributed by atoms with Crippen LogP contribution >= 0.6 is 22.3 Å². The lowest BCUT2D eigenvalue weighted by Crippen LogP contribution is -1.93. The molecule has 3 nitrogen and oxygen atoms in total. The molecule has 0 N–H and O–H groups in total. The van der Waals surface area contributed by atoms with Gasteiger partial charge in [-0.15, -0.1) is 0 Å². The molecule has 0 amide bonds. The van der Waals surface area contributed by atoms with Crippen molar-refractivity contribution in [3.05, 3.63) is 17.3 Å². The summed E-state index contributed by atoms with van der Waals surface area (Å²) in [6, 6.07) is 1.45. The van der Waals surface area contributed by atoms with Gasteiger partial charge in [-0.1, -0.05) is 11.6 Å². The van der Waals surface area contributed by atoms with Gasteiger partial charge < -0.3 is 4.74 Å². The number of nitrogens with zero attached hydrogens (tertiary/aromatic N) is 1. The molecule has 1 rings (SSSR count). The van der Waals surface area contributed by atoms with E-state index in [1.54, 1.807) is 0 Å². The molecule has 0 saturated heterocycles. The van der Waals surface area contributed by atoms with Crippen LogP contribution in [0.25, 0.3) is 0 Å². The molecule has 1 heterocycles. The van der Waals surface area contributed by atoms with Crippen molar-refractivity contribution in [2.24, 2.45) is 0 Å². The highest BCUT2D eigenvalue weighted by Crippen LogP contribution is 2.24. The van der Waals surface area contributed by atoms with E-state index >= 15 is 0 Å². The summed E-state index contributed by atoms with van der Waals surface area (Å²) in [5.41, 5.74) is 0. The van der Waals surface area contributed by atoms with Crippen LogP contribution in [0.5, 0.6) is 5.88 Å². The van der Waals surface area contributed by atoms with E-state index in [1.165, 1.54) is 19.4 Å². The van der Waals surface area contributed by atoms with E-state index in [1.807, 2.05) is 0 Å². The van der Waals surface area contributed by atoms with E-state index in [9.17, 15) is 4.21 Å². The van der Waals surface area contributed by atoms with E-state index < -0.39 is 10.0 Å². The maximum Gasteiger partial charge on any atom is 0.231 e. The molecule has 0 fully saturated rings. The number of halogens is 2. The molecule has 12 heavy (non-hydrogen) atoms. The molecule has 0 radical (unpaired) electrons. The van der Waals surface area contributed by atoms with Crippen LogP contribution in [0.4, 0.5) is 0 Å². The van der Waals surface area contributed by atoms with Crippen LogP contribution in [0.1, 0.15) is 0 Å². The number of pyridine rings is 1. The molecule has 0 spiro atoms.